The fourth-order valence-electron chi connectivity index (χ4n) is 3.03. The van der Waals surface area contributed by atoms with Gasteiger partial charge in [0.1, 0.15) is 0 Å². The molecule has 1 saturated heterocycles. The van der Waals surface area contributed by atoms with Crippen molar-refractivity contribution in [3.8, 4) is 0 Å². The summed E-state index contributed by atoms with van der Waals surface area (Å²) in [4.78, 5) is 18.4. The number of benzene rings is 1. The SMILES string of the molecule is CCCC(=O)N1CCC(n2cnc3ccccc32)CC1. The normalized spacial score (nSPS) is 16.8. The molecule has 1 aliphatic rings. The number of fused-ring (bicyclic) bond motifs is 1. The Bertz CT molecular complexity index is 597. The molecular weight excluding hydrogens is 250 g/mol. The van der Waals surface area contributed by atoms with E-state index in [1.807, 2.05) is 23.4 Å². The summed E-state index contributed by atoms with van der Waals surface area (Å²) in [5.74, 6) is 0.307. The molecule has 1 aromatic heterocycles. The summed E-state index contributed by atoms with van der Waals surface area (Å²) in [5, 5.41) is 0. The molecule has 0 spiro atoms. The highest BCUT2D eigenvalue weighted by Crippen LogP contribution is 2.26. The van der Waals surface area contributed by atoms with Gasteiger partial charge in [-0.25, -0.2) is 4.98 Å². The quantitative estimate of drug-likeness (QED) is 0.860. The van der Waals surface area contributed by atoms with E-state index >= 15 is 0 Å². The van der Waals surface area contributed by atoms with Gasteiger partial charge < -0.3 is 9.47 Å². The molecule has 0 unspecified atom stereocenters. The van der Waals surface area contributed by atoms with E-state index in [2.05, 4.69) is 28.6 Å². The number of likely N-dealkylation sites (tertiary alicyclic amines) is 1. The molecule has 2 heterocycles. The van der Waals surface area contributed by atoms with E-state index in [0.29, 0.717) is 18.4 Å². The molecule has 0 saturated carbocycles. The Kier molecular flexibility index (Phi) is 3.72. The van der Waals surface area contributed by atoms with Crippen molar-refractivity contribution in [2.45, 2.75) is 38.6 Å². The second-order valence-electron chi connectivity index (χ2n) is 5.50. The average molecular weight is 271 g/mol. The lowest BCUT2D eigenvalue weighted by molar-refractivity contribution is -0.132. The summed E-state index contributed by atoms with van der Waals surface area (Å²) in [6, 6.07) is 8.71. The zero-order valence-electron chi connectivity index (χ0n) is 12.0. The summed E-state index contributed by atoms with van der Waals surface area (Å²) in [6.07, 6.45) is 5.61. The molecule has 1 aliphatic heterocycles. The van der Waals surface area contributed by atoms with Crippen LogP contribution in [0.2, 0.25) is 0 Å². The molecule has 3 rings (SSSR count). The van der Waals surface area contributed by atoms with Gasteiger partial charge in [-0.3, -0.25) is 4.79 Å². The molecule has 0 N–H and O–H groups in total. The van der Waals surface area contributed by atoms with Gasteiger partial charge in [-0.2, -0.15) is 0 Å². The molecule has 1 aromatic carbocycles. The maximum atomic E-state index is 11.9. The first-order valence-corrected chi connectivity index (χ1v) is 7.49. The number of piperidine rings is 1. The van der Waals surface area contributed by atoms with Crippen molar-refractivity contribution in [3.05, 3.63) is 30.6 Å². The zero-order chi connectivity index (χ0) is 13.9. The maximum Gasteiger partial charge on any atom is 0.222 e. The van der Waals surface area contributed by atoms with E-state index in [4.69, 9.17) is 0 Å². The number of carbonyl (C=O) groups is 1. The maximum absolute atomic E-state index is 11.9. The first-order valence-electron chi connectivity index (χ1n) is 7.49. The van der Waals surface area contributed by atoms with Crippen LogP contribution in [-0.2, 0) is 4.79 Å². The lowest BCUT2D eigenvalue weighted by atomic mass is 10.0. The number of imidazole rings is 1. The van der Waals surface area contributed by atoms with Gasteiger partial charge in [0.15, 0.2) is 0 Å². The van der Waals surface area contributed by atoms with Gasteiger partial charge in [-0.05, 0) is 31.4 Å². The number of hydrogen-bond donors (Lipinski definition) is 0. The number of nitrogens with zero attached hydrogens (tertiary/aromatic N) is 3. The molecule has 4 heteroatoms. The van der Waals surface area contributed by atoms with Gasteiger partial charge in [0.25, 0.3) is 0 Å². The average Bonchev–Trinajstić information content (AvgIpc) is 2.92. The number of hydrogen-bond acceptors (Lipinski definition) is 2. The Morgan fingerprint density at radius 3 is 2.80 bits per heavy atom. The largest absolute Gasteiger partial charge is 0.343 e. The molecule has 0 atom stereocenters. The Labute approximate surface area is 119 Å². The molecule has 20 heavy (non-hydrogen) atoms. The van der Waals surface area contributed by atoms with Crippen LogP contribution in [0, 0.1) is 0 Å². The number of para-hydroxylation sites is 2. The van der Waals surface area contributed by atoms with Crippen molar-refractivity contribution >= 4 is 16.9 Å². The molecule has 1 amide bonds. The highest BCUT2D eigenvalue weighted by molar-refractivity contribution is 5.76. The van der Waals surface area contributed by atoms with Crippen LogP contribution in [0.4, 0.5) is 0 Å². The van der Waals surface area contributed by atoms with E-state index in [1.165, 1.54) is 5.52 Å². The first-order chi connectivity index (χ1) is 9.79. The molecule has 4 nitrogen and oxygen atoms in total. The van der Waals surface area contributed by atoms with Gasteiger partial charge >= 0.3 is 0 Å². The highest BCUT2D eigenvalue weighted by atomic mass is 16.2. The topological polar surface area (TPSA) is 38.1 Å². The minimum Gasteiger partial charge on any atom is -0.343 e. The second-order valence-corrected chi connectivity index (χ2v) is 5.50. The first kappa shape index (κ1) is 13.2. The smallest absolute Gasteiger partial charge is 0.222 e. The molecule has 0 radical (unpaired) electrons. The Morgan fingerprint density at radius 1 is 1.30 bits per heavy atom. The summed E-state index contributed by atoms with van der Waals surface area (Å²) in [7, 11) is 0. The van der Waals surface area contributed by atoms with Gasteiger partial charge in [0.05, 0.1) is 17.4 Å². The van der Waals surface area contributed by atoms with Crippen molar-refractivity contribution in [2.24, 2.45) is 0 Å². The van der Waals surface area contributed by atoms with Crippen LogP contribution >= 0.6 is 0 Å². The van der Waals surface area contributed by atoms with Crippen LogP contribution in [0.3, 0.4) is 0 Å². The number of amides is 1. The molecule has 106 valence electrons. The summed E-state index contributed by atoms with van der Waals surface area (Å²) < 4.78 is 2.27. The monoisotopic (exact) mass is 271 g/mol. The van der Waals surface area contributed by atoms with Crippen LogP contribution in [0.25, 0.3) is 11.0 Å². The summed E-state index contributed by atoms with van der Waals surface area (Å²) >= 11 is 0. The third-order valence-corrected chi connectivity index (χ3v) is 4.16. The van der Waals surface area contributed by atoms with Gasteiger partial charge in [-0.15, -0.1) is 0 Å². The number of aromatic nitrogens is 2. The van der Waals surface area contributed by atoms with E-state index in [1.54, 1.807) is 0 Å². The number of rotatable bonds is 3. The van der Waals surface area contributed by atoms with Crippen LogP contribution in [0.5, 0.6) is 0 Å². The van der Waals surface area contributed by atoms with Gasteiger partial charge in [0.2, 0.25) is 5.91 Å². The van der Waals surface area contributed by atoms with Crippen LogP contribution in [0.1, 0.15) is 38.6 Å². The fourth-order valence-corrected chi connectivity index (χ4v) is 3.03. The van der Waals surface area contributed by atoms with E-state index in [0.717, 1.165) is 37.9 Å². The van der Waals surface area contributed by atoms with Crippen molar-refractivity contribution in [1.29, 1.82) is 0 Å². The van der Waals surface area contributed by atoms with Gasteiger partial charge in [-0.1, -0.05) is 19.1 Å². The fraction of sp³-hybridized carbons (Fsp3) is 0.500. The third-order valence-electron chi connectivity index (χ3n) is 4.16. The van der Waals surface area contributed by atoms with Gasteiger partial charge in [0, 0.05) is 25.6 Å². The molecule has 0 bridgehead atoms. The molecular formula is C16H21N3O. The van der Waals surface area contributed by atoms with Crippen LogP contribution in [0.15, 0.2) is 30.6 Å². The second kappa shape index (κ2) is 5.65. The van der Waals surface area contributed by atoms with E-state index in [-0.39, 0.29) is 0 Å². The number of carbonyl (C=O) groups excluding carboxylic acids is 1. The summed E-state index contributed by atoms with van der Waals surface area (Å²) in [5.41, 5.74) is 2.25. The summed E-state index contributed by atoms with van der Waals surface area (Å²) in [6.45, 7) is 3.80. The predicted octanol–water partition coefficient (Wildman–Crippen LogP) is 3.00. The molecule has 2 aromatic rings. The lowest BCUT2D eigenvalue weighted by Crippen LogP contribution is -2.38. The Morgan fingerprint density at radius 2 is 2.05 bits per heavy atom. The Hall–Kier alpha value is -1.84. The standard InChI is InChI=1S/C16H21N3O/c1-2-5-16(20)18-10-8-13(9-11-18)19-12-17-14-6-3-4-7-15(14)19/h3-4,6-7,12-13H,2,5,8-11H2,1H3. The van der Waals surface area contributed by atoms with Crippen molar-refractivity contribution in [1.82, 2.24) is 14.5 Å². The van der Waals surface area contributed by atoms with Crippen molar-refractivity contribution in [2.75, 3.05) is 13.1 Å². The van der Waals surface area contributed by atoms with E-state index in [9.17, 15) is 4.79 Å². The minimum absolute atomic E-state index is 0.307. The van der Waals surface area contributed by atoms with Crippen LogP contribution in [-0.4, -0.2) is 33.4 Å². The van der Waals surface area contributed by atoms with Crippen molar-refractivity contribution in [3.63, 3.8) is 0 Å². The highest BCUT2D eigenvalue weighted by Gasteiger charge is 2.23. The Balaban J connectivity index is 1.70. The van der Waals surface area contributed by atoms with Crippen LogP contribution < -0.4 is 0 Å². The lowest BCUT2D eigenvalue weighted by Gasteiger charge is -2.33. The third kappa shape index (κ3) is 2.42. The van der Waals surface area contributed by atoms with E-state index < -0.39 is 0 Å². The predicted molar refractivity (Wildman–Crippen MR) is 79.5 cm³/mol. The zero-order valence-corrected chi connectivity index (χ0v) is 12.0. The minimum atomic E-state index is 0.307. The van der Waals surface area contributed by atoms with Crippen molar-refractivity contribution < 1.29 is 4.79 Å². The molecule has 1 fully saturated rings. The molecule has 0 aliphatic carbocycles.